The topological polar surface area (TPSA) is 58.9 Å². The molecule has 0 spiro atoms. The zero-order valence-corrected chi connectivity index (χ0v) is 12.5. The molecule has 0 saturated carbocycles. The van der Waals surface area contributed by atoms with Crippen molar-refractivity contribution >= 4 is 11.6 Å². The van der Waals surface area contributed by atoms with Gasteiger partial charge in [0.2, 0.25) is 0 Å². The lowest BCUT2D eigenvalue weighted by molar-refractivity contribution is 0.458. The van der Waals surface area contributed by atoms with Gasteiger partial charge in [0.25, 0.3) is 0 Å². The van der Waals surface area contributed by atoms with Gasteiger partial charge in [-0.3, -0.25) is 4.99 Å². The number of aromatic nitrogens is 2. The van der Waals surface area contributed by atoms with Crippen molar-refractivity contribution in [2.24, 2.45) is 10.7 Å². The second-order valence-corrected chi connectivity index (χ2v) is 4.82. The number of aliphatic imine (C=N–C) groups is 1. The molecule has 2 heterocycles. The first-order chi connectivity index (χ1) is 9.65. The Morgan fingerprint density at radius 3 is 2.80 bits per heavy atom. The molecule has 0 bridgehead atoms. The Hall–Kier alpha value is -2.04. The van der Waals surface area contributed by atoms with Crippen LogP contribution in [0.1, 0.15) is 25.1 Å². The molecular weight excluding hydrogens is 250 g/mol. The molecule has 20 heavy (non-hydrogen) atoms. The van der Waals surface area contributed by atoms with Crippen LogP contribution in [0.5, 0.6) is 0 Å². The first-order valence-electron chi connectivity index (χ1n) is 7.13. The molecule has 0 radical (unpaired) electrons. The van der Waals surface area contributed by atoms with Gasteiger partial charge in [0.15, 0.2) is 5.96 Å². The number of fused-ring (bicyclic) bond motifs is 1. The fraction of sp³-hybridized carbons (Fsp3) is 0.467. The maximum Gasteiger partial charge on any atom is 0.191 e. The average molecular weight is 273 g/mol. The number of nitrogens with two attached hydrogens (primary N) is 1. The molecule has 0 amide bonds. The van der Waals surface area contributed by atoms with Crippen molar-refractivity contribution < 1.29 is 0 Å². The number of hydrogen-bond acceptors (Lipinski definition) is 2. The third-order valence-electron chi connectivity index (χ3n) is 3.46. The van der Waals surface area contributed by atoms with Crippen LogP contribution in [-0.2, 0) is 6.42 Å². The summed E-state index contributed by atoms with van der Waals surface area (Å²) in [5.41, 5.74) is 9.21. The fourth-order valence-electron chi connectivity index (χ4n) is 2.26. The van der Waals surface area contributed by atoms with E-state index in [0.29, 0.717) is 12.5 Å². The predicted molar refractivity (Wildman–Crippen MR) is 83.0 cm³/mol. The van der Waals surface area contributed by atoms with Crippen LogP contribution in [0.25, 0.3) is 5.65 Å². The van der Waals surface area contributed by atoms with Crippen molar-refractivity contribution in [2.75, 3.05) is 19.6 Å². The summed E-state index contributed by atoms with van der Waals surface area (Å²) in [6, 6.07) is 4.10. The van der Waals surface area contributed by atoms with Gasteiger partial charge in [0.1, 0.15) is 5.65 Å². The van der Waals surface area contributed by atoms with Gasteiger partial charge in [-0.05, 0) is 32.4 Å². The summed E-state index contributed by atoms with van der Waals surface area (Å²) >= 11 is 0. The van der Waals surface area contributed by atoms with Gasteiger partial charge in [-0.25, -0.2) is 4.98 Å². The standard InChI is InChI=1S/C15H23N5/c1-4-19(5-2)15(16)17-9-8-13-11-20-10-6-7-12(3)14(20)18-13/h6-7,10-11H,4-5,8-9H2,1-3H3,(H2,16,17). The molecular formula is C15H23N5. The number of rotatable bonds is 5. The summed E-state index contributed by atoms with van der Waals surface area (Å²) in [6.45, 7) is 8.68. The molecule has 2 aromatic heterocycles. The molecule has 0 saturated heterocycles. The maximum atomic E-state index is 5.95. The smallest absolute Gasteiger partial charge is 0.191 e. The Kier molecular flexibility index (Phi) is 4.61. The van der Waals surface area contributed by atoms with Crippen molar-refractivity contribution in [3.63, 3.8) is 0 Å². The van der Waals surface area contributed by atoms with E-state index in [1.54, 1.807) is 0 Å². The van der Waals surface area contributed by atoms with Crippen molar-refractivity contribution in [3.8, 4) is 0 Å². The SMILES string of the molecule is CCN(CC)C(N)=NCCc1cn2cccc(C)c2n1. The third kappa shape index (κ3) is 3.10. The van der Waals surface area contributed by atoms with E-state index in [2.05, 4.69) is 47.4 Å². The monoisotopic (exact) mass is 273 g/mol. The van der Waals surface area contributed by atoms with Gasteiger partial charge < -0.3 is 15.0 Å². The highest BCUT2D eigenvalue weighted by Gasteiger charge is 2.04. The first-order valence-corrected chi connectivity index (χ1v) is 7.13. The van der Waals surface area contributed by atoms with Crippen LogP contribution in [0.3, 0.4) is 0 Å². The molecule has 2 N–H and O–H groups in total. The van der Waals surface area contributed by atoms with Gasteiger partial charge in [-0.15, -0.1) is 0 Å². The number of imidazole rings is 1. The highest BCUT2D eigenvalue weighted by Crippen LogP contribution is 2.10. The molecule has 0 atom stereocenters. The quantitative estimate of drug-likeness (QED) is 0.668. The van der Waals surface area contributed by atoms with Crippen LogP contribution in [0.4, 0.5) is 0 Å². The lowest BCUT2D eigenvalue weighted by Crippen LogP contribution is -2.37. The van der Waals surface area contributed by atoms with Crippen molar-refractivity contribution in [1.29, 1.82) is 0 Å². The van der Waals surface area contributed by atoms with Crippen molar-refractivity contribution in [3.05, 3.63) is 35.8 Å². The van der Waals surface area contributed by atoms with Gasteiger partial charge in [0.05, 0.1) is 5.69 Å². The number of pyridine rings is 1. The van der Waals surface area contributed by atoms with E-state index in [9.17, 15) is 0 Å². The minimum atomic E-state index is 0.620. The van der Waals surface area contributed by atoms with Crippen molar-refractivity contribution in [1.82, 2.24) is 14.3 Å². The molecule has 5 heteroatoms. The van der Waals surface area contributed by atoms with E-state index < -0.39 is 0 Å². The van der Waals surface area contributed by atoms with E-state index in [-0.39, 0.29) is 0 Å². The molecule has 0 aromatic carbocycles. The summed E-state index contributed by atoms with van der Waals surface area (Å²) < 4.78 is 2.06. The van der Waals surface area contributed by atoms with Gasteiger partial charge in [0, 0.05) is 38.4 Å². The van der Waals surface area contributed by atoms with Crippen LogP contribution in [0, 0.1) is 6.92 Å². The fourth-order valence-corrected chi connectivity index (χ4v) is 2.26. The predicted octanol–water partition coefficient (Wildman–Crippen LogP) is 1.84. The van der Waals surface area contributed by atoms with Gasteiger partial charge in [-0.1, -0.05) is 6.07 Å². The molecule has 5 nitrogen and oxygen atoms in total. The summed E-state index contributed by atoms with van der Waals surface area (Å²) in [7, 11) is 0. The van der Waals surface area contributed by atoms with E-state index in [0.717, 1.165) is 30.9 Å². The zero-order chi connectivity index (χ0) is 14.5. The van der Waals surface area contributed by atoms with E-state index in [1.165, 1.54) is 5.56 Å². The Labute approximate surface area is 120 Å². The summed E-state index contributed by atoms with van der Waals surface area (Å²) in [6.07, 6.45) is 4.89. The Balaban J connectivity index is 2.03. The molecule has 0 fully saturated rings. The molecule has 108 valence electrons. The molecule has 2 aromatic rings. The van der Waals surface area contributed by atoms with Crippen LogP contribution in [0.15, 0.2) is 29.5 Å². The molecule has 0 unspecified atom stereocenters. The average Bonchev–Trinajstić information content (AvgIpc) is 2.84. The highest BCUT2D eigenvalue weighted by atomic mass is 15.2. The zero-order valence-electron chi connectivity index (χ0n) is 12.5. The molecule has 2 rings (SSSR count). The highest BCUT2D eigenvalue weighted by molar-refractivity contribution is 5.77. The first kappa shape index (κ1) is 14.4. The lowest BCUT2D eigenvalue weighted by Gasteiger charge is -2.19. The van der Waals surface area contributed by atoms with Gasteiger partial charge in [-0.2, -0.15) is 0 Å². The normalized spacial score (nSPS) is 12.1. The van der Waals surface area contributed by atoms with E-state index in [1.807, 2.05) is 17.2 Å². The van der Waals surface area contributed by atoms with E-state index in [4.69, 9.17) is 5.73 Å². The van der Waals surface area contributed by atoms with Crippen LogP contribution in [-0.4, -0.2) is 39.9 Å². The Morgan fingerprint density at radius 1 is 1.40 bits per heavy atom. The minimum Gasteiger partial charge on any atom is -0.370 e. The third-order valence-corrected chi connectivity index (χ3v) is 3.46. The number of nitrogens with zero attached hydrogens (tertiary/aromatic N) is 4. The van der Waals surface area contributed by atoms with Crippen LogP contribution >= 0.6 is 0 Å². The van der Waals surface area contributed by atoms with Crippen LogP contribution in [0.2, 0.25) is 0 Å². The molecule has 0 aliphatic rings. The number of aryl methyl sites for hydroxylation is 1. The summed E-state index contributed by atoms with van der Waals surface area (Å²) in [5.74, 6) is 0.620. The summed E-state index contributed by atoms with van der Waals surface area (Å²) in [5, 5.41) is 0. The van der Waals surface area contributed by atoms with E-state index >= 15 is 0 Å². The number of hydrogen-bond donors (Lipinski definition) is 1. The lowest BCUT2D eigenvalue weighted by atomic mass is 10.3. The summed E-state index contributed by atoms with van der Waals surface area (Å²) in [4.78, 5) is 11.1. The largest absolute Gasteiger partial charge is 0.370 e. The van der Waals surface area contributed by atoms with Gasteiger partial charge >= 0.3 is 0 Å². The Morgan fingerprint density at radius 2 is 2.15 bits per heavy atom. The molecule has 0 aliphatic heterocycles. The second kappa shape index (κ2) is 6.41. The minimum absolute atomic E-state index is 0.620. The van der Waals surface area contributed by atoms with Crippen LogP contribution < -0.4 is 5.73 Å². The van der Waals surface area contributed by atoms with Crippen molar-refractivity contribution in [2.45, 2.75) is 27.2 Å². The maximum absolute atomic E-state index is 5.95. The number of guanidine groups is 1. The Bertz CT molecular complexity index is 595. The molecule has 0 aliphatic carbocycles. The second-order valence-electron chi connectivity index (χ2n) is 4.82.